The van der Waals surface area contributed by atoms with Gasteiger partial charge in [-0.2, -0.15) is 0 Å². The Hall–Kier alpha value is -0.443. The fraction of sp³-hybridized carbons (Fsp3) is 0.778. The van der Waals surface area contributed by atoms with Crippen LogP contribution in [0.15, 0.2) is 12.4 Å². The Morgan fingerprint density at radius 2 is 2.42 bits per heavy atom. The molecule has 2 nitrogen and oxygen atoms in total. The molecule has 1 aliphatic rings. The molecule has 1 rings (SSSR count). The van der Waals surface area contributed by atoms with Crippen molar-refractivity contribution in [1.82, 2.24) is 4.90 Å². The van der Waals surface area contributed by atoms with Crippen molar-refractivity contribution < 1.29 is 0 Å². The van der Waals surface area contributed by atoms with Crippen LogP contribution in [0.1, 0.15) is 13.3 Å². The number of hydrogen-bond acceptors (Lipinski definition) is 2. The van der Waals surface area contributed by atoms with Crippen LogP contribution < -0.4 is 5.73 Å². The molecule has 1 heterocycles. The first-order valence-corrected chi connectivity index (χ1v) is 7.14. The third-order valence-corrected chi connectivity index (χ3v) is 5.03. The van der Waals surface area contributed by atoms with E-state index in [2.05, 4.69) is 18.4 Å². The van der Waals surface area contributed by atoms with Crippen molar-refractivity contribution in [2.45, 2.75) is 38.0 Å². The molecule has 0 aromatic rings. The van der Waals surface area contributed by atoms with E-state index in [1.165, 1.54) is 25.1 Å². The topological polar surface area (TPSA) is 29.3 Å². The van der Waals surface area contributed by atoms with Gasteiger partial charge in [0.05, 0.1) is 0 Å². The Morgan fingerprint density at radius 1 is 1.67 bits per heavy atom. The largest absolute Gasteiger partial charge is 0.403 e. The molecule has 12 heavy (non-hydrogen) atoms. The molecule has 1 saturated heterocycles. The summed E-state index contributed by atoms with van der Waals surface area (Å²) in [6.45, 7) is 5.93. The smallest absolute Gasteiger partial charge is 0.0464 e. The summed E-state index contributed by atoms with van der Waals surface area (Å²) in [4.78, 5) is 2.36. The van der Waals surface area contributed by atoms with Crippen LogP contribution in [0.2, 0.25) is 18.6 Å². The second kappa shape index (κ2) is 4.55. The van der Waals surface area contributed by atoms with Gasteiger partial charge in [-0.1, -0.05) is 19.5 Å². The zero-order valence-electron chi connectivity index (χ0n) is 8.09. The molecule has 2 N–H and O–H groups in total. The molecule has 0 aromatic carbocycles. The summed E-state index contributed by atoms with van der Waals surface area (Å²) < 4.78 is 0. The Kier molecular flexibility index (Phi) is 3.66. The molecule has 1 fully saturated rings. The summed E-state index contributed by atoms with van der Waals surface area (Å²) in [5.41, 5.74) is 5.35. The van der Waals surface area contributed by atoms with Crippen LogP contribution in [0, 0.1) is 0 Å². The molecule has 0 aromatic heterocycles. The van der Waals surface area contributed by atoms with Crippen molar-refractivity contribution in [3.8, 4) is 0 Å². The summed E-state index contributed by atoms with van der Waals surface area (Å²) in [7, 11) is -0.0557. The minimum absolute atomic E-state index is 0.0557. The Labute approximate surface area is 77.0 Å². The molecular formula is C9H19N2Si. The molecule has 0 amide bonds. The lowest BCUT2D eigenvalue weighted by molar-refractivity contribution is 0.171. The highest BCUT2D eigenvalue weighted by Gasteiger charge is 2.26. The van der Waals surface area contributed by atoms with Crippen LogP contribution in [-0.2, 0) is 0 Å². The van der Waals surface area contributed by atoms with Gasteiger partial charge in [0.1, 0.15) is 0 Å². The minimum atomic E-state index is -0.0557. The molecule has 1 unspecified atom stereocenters. The van der Waals surface area contributed by atoms with Crippen molar-refractivity contribution in [3.05, 3.63) is 12.4 Å². The third kappa shape index (κ3) is 2.27. The van der Waals surface area contributed by atoms with Crippen LogP contribution in [-0.4, -0.2) is 26.3 Å². The zero-order valence-corrected chi connectivity index (χ0v) is 9.09. The zero-order chi connectivity index (χ0) is 8.97. The van der Waals surface area contributed by atoms with Gasteiger partial charge in [0.2, 0.25) is 0 Å². The van der Waals surface area contributed by atoms with Gasteiger partial charge in [-0.05, 0) is 12.5 Å². The highest BCUT2D eigenvalue weighted by molar-refractivity contribution is 6.57. The van der Waals surface area contributed by atoms with Gasteiger partial charge in [-0.3, -0.25) is 0 Å². The summed E-state index contributed by atoms with van der Waals surface area (Å²) >= 11 is 0. The average molecular weight is 183 g/mol. The molecular weight excluding hydrogens is 164 g/mol. The number of nitrogens with zero attached hydrogens (tertiary/aromatic N) is 1. The van der Waals surface area contributed by atoms with Gasteiger partial charge < -0.3 is 10.6 Å². The van der Waals surface area contributed by atoms with Crippen LogP contribution in [0.25, 0.3) is 0 Å². The van der Waals surface area contributed by atoms with Crippen molar-refractivity contribution in [3.63, 3.8) is 0 Å². The molecule has 0 bridgehead atoms. The first-order valence-electron chi connectivity index (χ1n) is 4.73. The van der Waals surface area contributed by atoms with E-state index in [1.54, 1.807) is 6.20 Å². The lowest BCUT2D eigenvalue weighted by atomic mass is 10.1. The van der Waals surface area contributed by atoms with Crippen molar-refractivity contribution in [2.24, 2.45) is 5.73 Å². The van der Waals surface area contributed by atoms with E-state index < -0.39 is 0 Å². The first-order chi connectivity index (χ1) is 5.77. The second-order valence-electron chi connectivity index (χ2n) is 3.54. The van der Waals surface area contributed by atoms with E-state index in [-0.39, 0.29) is 8.80 Å². The highest BCUT2D eigenvalue weighted by atomic mass is 28.3. The maximum Gasteiger partial charge on any atom is 0.0464 e. The molecule has 1 atom stereocenters. The Morgan fingerprint density at radius 3 is 2.83 bits per heavy atom. The lowest BCUT2D eigenvalue weighted by Crippen LogP contribution is -2.45. The second-order valence-corrected chi connectivity index (χ2v) is 6.57. The normalized spacial score (nSPS) is 23.6. The number of nitrogens with two attached hydrogens (primary N) is 1. The maximum absolute atomic E-state index is 5.35. The summed E-state index contributed by atoms with van der Waals surface area (Å²) in [6.07, 6.45) is 5.05. The lowest BCUT2D eigenvalue weighted by Gasteiger charge is -2.41. The number of likely N-dealkylation sites (tertiary alicyclic amines) is 1. The SMILES string of the molecule is CC[Si](C)CC1CCN1/C=C\N. The molecule has 1 radical (unpaired) electrons. The number of rotatable bonds is 4. The van der Waals surface area contributed by atoms with E-state index in [9.17, 15) is 0 Å². The molecule has 0 saturated carbocycles. The maximum atomic E-state index is 5.35. The fourth-order valence-corrected chi connectivity index (χ4v) is 3.07. The van der Waals surface area contributed by atoms with Gasteiger partial charge in [-0.15, -0.1) is 0 Å². The van der Waals surface area contributed by atoms with E-state index >= 15 is 0 Å². The molecule has 0 aliphatic carbocycles. The predicted molar refractivity (Wildman–Crippen MR) is 55.3 cm³/mol. The van der Waals surface area contributed by atoms with Crippen molar-refractivity contribution in [2.75, 3.05) is 6.54 Å². The quantitative estimate of drug-likeness (QED) is 0.671. The van der Waals surface area contributed by atoms with E-state index in [4.69, 9.17) is 5.73 Å². The van der Waals surface area contributed by atoms with Gasteiger partial charge in [0.25, 0.3) is 0 Å². The van der Waals surface area contributed by atoms with E-state index in [0.29, 0.717) is 0 Å². The molecule has 69 valence electrons. The minimum Gasteiger partial charge on any atom is -0.403 e. The van der Waals surface area contributed by atoms with Crippen LogP contribution in [0.5, 0.6) is 0 Å². The third-order valence-electron chi connectivity index (χ3n) is 2.65. The fourth-order valence-electron chi connectivity index (χ4n) is 1.53. The molecule has 1 aliphatic heterocycles. The Bertz CT molecular complexity index is 159. The van der Waals surface area contributed by atoms with Crippen LogP contribution in [0.3, 0.4) is 0 Å². The monoisotopic (exact) mass is 183 g/mol. The Balaban J connectivity index is 2.24. The number of hydrogen-bond donors (Lipinski definition) is 1. The van der Waals surface area contributed by atoms with E-state index in [1.807, 2.05) is 6.20 Å². The van der Waals surface area contributed by atoms with Crippen molar-refractivity contribution >= 4 is 8.80 Å². The summed E-state index contributed by atoms with van der Waals surface area (Å²) in [5, 5.41) is 0. The van der Waals surface area contributed by atoms with Gasteiger partial charge in [0.15, 0.2) is 0 Å². The van der Waals surface area contributed by atoms with Crippen LogP contribution in [0.4, 0.5) is 0 Å². The predicted octanol–water partition coefficient (Wildman–Crippen LogP) is 1.64. The molecule has 3 heteroatoms. The standard InChI is InChI=1S/C9H19N2Si/c1-3-12(2)8-9-4-6-11(9)7-5-10/h5,7,9H,3-4,6,8,10H2,1-2H3/b7-5-. The van der Waals surface area contributed by atoms with E-state index in [0.717, 1.165) is 6.04 Å². The average Bonchev–Trinajstić information content (AvgIpc) is 2.08. The molecule has 0 spiro atoms. The van der Waals surface area contributed by atoms with Gasteiger partial charge in [0, 0.05) is 33.8 Å². The summed E-state index contributed by atoms with van der Waals surface area (Å²) in [6, 6.07) is 3.62. The van der Waals surface area contributed by atoms with Crippen molar-refractivity contribution in [1.29, 1.82) is 0 Å². The van der Waals surface area contributed by atoms with Gasteiger partial charge >= 0.3 is 0 Å². The first kappa shape index (κ1) is 9.64. The highest BCUT2D eigenvalue weighted by Crippen LogP contribution is 2.23. The van der Waals surface area contributed by atoms with Gasteiger partial charge in [-0.25, -0.2) is 0 Å². The summed E-state index contributed by atoms with van der Waals surface area (Å²) in [5.74, 6) is 0. The van der Waals surface area contributed by atoms with Crippen LogP contribution >= 0.6 is 0 Å².